The van der Waals surface area contributed by atoms with Crippen molar-refractivity contribution in [3.05, 3.63) is 103 Å². The Hall–Kier alpha value is -3.54. The number of ether oxygens (including phenoxy) is 2. The van der Waals surface area contributed by atoms with Crippen LogP contribution >= 0.6 is 34.2 Å². The van der Waals surface area contributed by atoms with E-state index in [-0.39, 0.29) is 5.57 Å². The van der Waals surface area contributed by atoms with Gasteiger partial charge < -0.3 is 14.8 Å². The third-order valence-corrected chi connectivity index (χ3v) is 7.37. The highest BCUT2D eigenvalue weighted by atomic mass is 127. The van der Waals surface area contributed by atoms with Gasteiger partial charge in [-0.25, -0.2) is 0 Å². The lowest BCUT2D eigenvalue weighted by molar-refractivity contribution is -0.112. The Morgan fingerprint density at radius 2 is 1.87 bits per heavy atom. The van der Waals surface area contributed by atoms with Crippen molar-refractivity contribution in [3.63, 3.8) is 0 Å². The number of hydrogen-bond acceptors (Lipinski definition) is 4. The molecule has 0 atom stereocenters. The molecule has 0 unspecified atom stereocenters. The Balaban J connectivity index is 1.62. The van der Waals surface area contributed by atoms with E-state index in [4.69, 9.17) is 21.1 Å². The summed E-state index contributed by atoms with van der Waals surface area (Å²) in [4.78, 5) is 12.9. The predicted molar refractivity (Wildman–Crippen MR) is 162 cm³/mol. The van der Waals surface area contributed by atoms with Crippen LogP contribution in [0.1, 0.15) is 29.2 Å². The first-order valence-corrected chi connectivity index (χ1v) is 13.5. The van der Waals surface area contributed by atoms with E-state index in [1.54, 1.807) is 30.3 Å². The smallest absolute Gasteiger partial charge is 0.266 e. The Morgan fingerprint density at radius 3 is 2.63 bits per heavy atom. The zero-order chi connectivity index (χ0) is 27.2. The number of anilines is 1. The first kappa shape index (κ1) is 27.5. The number of carbonyl (C=O) groups is 1. The van der Waals surface area contributed by atoms with Crippen LogP contribution in [0.15, 0.2) is 72.3 Å². The van der Waals surface area contributed by atoms with Crippen LogP contribution in [-0.2, 0) is 11.4 Å². The standard InChI is InChI=1S/C31H26ClIN2O3/c1-4-37-29-16-21(14-23(17-34)31(36)35-28-11-7-10-26(32)20(28)3)15-27(33)30(29)38-18-25-19(2)12-13-22-8-5-6-9-24(22)25/h5-16H,4,18H2,1-3H3,(H,35,36)/b23-14+. The van der Waals surface area contributed by atoms with Crippen molar-refractivity contribution >= 4 is 62.6 Å². The van der Waals surface area contributed by atoms with Crippen LogP contribution in [-0.4, -0.2) is 12.5 Å². The van der Waals surface area contributed by atoms with Crippen molar-refractivity contribution in [2.24, 2.45) is 0 Å². The summed E-state index contributed by atoms with van der Waals surface area (Å²) in [5, 5.41) is 15.3. The molecule has 0 fully saturated rings. The number of fused-ring (bicyclic) bond motifs is 1. The molecular formula is C31H26ClIN2O3. The number of nitrogens with one attached hydrogen (secondary N) is 1. The fraction of sp³-hybridized carbons (Fsp3) is 0.161. The average molecular weight is 637 g/mol. The number of nitrogens with zero attached hydrogens (tertiary/aromatic N) is 1. The van der Waals surface area contributed by atoms with Gasteiger partial charge in [-0.15, -0.1) is 0 Å². The minimum atomic E-state index is -0.516. The number of amides is 1. The van der Waals surface area contributed by atoms with Gasteiger partial charge in [0.15, 0.2) is 11.5 Å². The van der Waals surface area contributed by atoms with Crippen molar-refractivity contribution in [1.82, 2.24) is 0 Å². The molecule has 0 heterocycles. The average Bonchev–Trinajstić information content (AvgIpc) is 2.90. The highest BCUT2D eigenvalue weighted by Gasteiger charge is 2.16. The van der Waals surface area contributed by atoms with Crippen molar-refractivity contribution in [2.45, 2.75) is 27.4 Å². The maximum atomic E-state index is 12.9. The number of aryl methyl sites for hydroxylation is 1. The number of carbonyl (C=O) groups excluding carboxylic acids is 1. The molecule has 0 aliphatic rings. The molecule has 0 aliphatic carbocycles. The SMILES string of the molecule is CCOc1cc(/C=C(\C#N)C(=O)Nc2cccc(Cl)c2C)cc(I)c1OCc1c(C)ccc2ccccc12. The summed E-state index contributed by atoms with van der Waals surface area (Å²) in [6, 6.07) is 23.3. The molecule has 192 valence electrons. The minimum absolute atomic E-state index is 0.0392. The fourth-order valence-corrected chi connectivity index (χ4v) is 5.06. The molecule has 0 bridgehead atoms. The van der Waals surface area contributed by atoms with Crippen LogP contribution in [0.4, 0.5) is 5.69 Å². The molecule has 38 heavy (non-hydrogen) atoms. The second-order valence-electron chi connectivity index (χ2n) is 8.67. The van der Waals surface area contributed by atoms with Crippen LogP contribution in [0.3, 0.4) is 0 Å². The van der Waals surface area contributed by atoms with Crippen molar-refractivity contribution in [2.75, 3.05) is 11.9 Å². The first-order chi connectivity index (χ1) is 18.3. The van der Waals surface area contributed by atoms with E-state index in [0.717, 1.165) is 31.0 Å². The van der Waals surface area contributed by atoms with E-state index in [2.05, 4.69) is 59.1 Å². The Kier molecular flexibility index (Phi) is 8.93. The topological polar surface area (TPSA) is 71.3 Å². The van der Waals surface area contributed by atoms with E-state index in [1.807, 2.05) is 38.1 Å². The summed E-state index contributed by atoms with van der Waals surface area (Å²) < 4.78 is 13.0. The van der Waals surface area contributed by atoms with E-state index in [0.29, 0.717) is 41.0 Å². The maximum absolute atomic E-state index is 12.9. The molecule has 7 heteroatoms. The second kappa shape index (κ2) is 12.3. The third-order valence-electron chi connectivity index (χ3n) is 6.16. The Bertz CT molecular complexity index is 1590. The molecule has 0 radical (unpaired) electrons. The van der Waals surface area contributed by atoms with Gasteiger partial charge in [0.1, 0.15) is 18.2 Å². The van der Waals surface area contributed by atoms with Gasteiger partial charge in [-0.1, -0.05) is 54.1 Å². The molecule has 0 saturated carbocycles. The monoisotopic (exact) mass is 636 g/mol. The summed E-state index contributed by atoms with van der Waals surface area (Å²) in [5.41, 5.74) is 4.17. The lowest BCUT2D eigenvalue weighted by atomic mass is 10.0. The minimum Gasteiger partial charge on any atom is -0.490 e. The third kappa shape index (κ3) is 6.12. The highest BCUT2D eigenvalue weighted by Crippen LogP contribution is 2.36. The molecule has 1 N–H and O–H groups in total. The Morgan fingerprint density at radius 1 is 1.08 bits per heavy atom. The highest BCUT2D eigenvalue weighted by molar-refractivity contribution is 14.1. The zero-order valence-electron chi connectivity index (χ0n) is 21.3. The van der Waals surface area contributed by atoms with Gasteiger partial charge in [-0.05, 0) is 101 Å². The molecule has 5 nitrogen and oxygen atoms in total. The van der Waals surface area contributed by atoms with Crippen LogP contribution in [0.5, 0.6) is 11.5 Å². The van der Waals surface area contributed by atoms with Crippen LogP contribution in [0, 0.1) is 28.7 Å². The summed E-state index contributed by atoms with van der Waals surface area (Å²) in [6.45, 7) is 6.60. The summed E-state index contributed by atoms with van der Waals surface area (Å²) in [5.74, 6) is 0.652. The lowest BCUT2D eigenvalue weighted by Crippen LogP contribution is -2.14. The molecular weight excluding hydrogens is 611 g/mol. The van der Waals surface area contributed by atoms with Gasteiger partial charge in [-0.2, -0.15) is 5.26 Å². The van der Waals surface area contributed by atoms with Gasteiger partial charge >= 0.3 is 0 Å². The van der Waals surface area contributed by atoms with Crippen molar-refractivity contribution in [3.8, 4) is 17.6 Å². The van der Waals surface area contributed by atoms with Gasteiger partial charge in [-0.3, -0.25) is 4.79 Å². The van der Waals surface area contributed by atoms with Crippen LogP contribution in [0.2, 0.25) is 5.02 Å². The van der Waals surface area contributed by atoms with Crippen molar-refractivity contribution in [1.29, 1.82) is 5.26 Å². The quantitative estimate of drug-likeness (QED) is 0.120. The van der Waals surface area contributed by atoms with E-state index in [9.17, 15) is 10.1 Å². The van der Waals surface area contributed by atoms with Crippen LogP contribution < -0.4 is 14.8 Å². The van der Waals surface area contributed by atoms with Gasteiger partial charge in [0.2, 0.25) is 0 Å². The summed E-state index contributed by atoms with van der Waals surface area (Å²) in [6.07, 6.45) is 1.54. The van der Waals surface area contributed by atoms with Crippen LogP contribution in [0.25, 0.3) is 16.8 Å². The molecule has 0 aromatic heterocycles. The summed E-state index contributed by atoms with van der Waals surface area (Å²) >= 11 is 8.36. The zero-order valence-corrected chi connectivity index (χ0v) is 24.2. The molecule has 4 rings (SSSR count). The largest absolute Gasteiger partial charge is 0.490 e. The molecule has 0 saturated heterocycles. The molecule has 1 amide bonds. The first-order valence-electron chi connectivity index (χ1n) is 12.1. The van der Waals surface area contributed by atoms with E-state index in [1.165, 1.54) is 0 Å². The molecule has 0 aliphatic heterocycles. The second-order valence-corrected chi connectivity index (χ2v) is 10.2. The van der Waals surface area contributed by atoms with Gasteiger partial charge in [0.05, 0.1) is 10.2 Å². The molecule has 0 spiro atoms. The number of halogens is 2. The Labute approximate surface area is 241 Å². The maximum Gasteiger partial charge on any atom is 0.266 e. The normalized spacial score (nSPS) is 11.2. The van der Waals surface area contributed by atoms with Gasteiger partial charge in [0, 0.05) is 16.3 Å². The van der Waals surface area contributed by atoms with Crippen molar-refractivity contribution < 1.29 is 14.3 Å². The molecule has 4 aromatic rings. The number of hydrogen-bond donors (Lipinski definition) is 1. The molecule has 4 aromatic carbocycles. The lowest BCUT2D eigenvalue weighted by Gasteiger charge is -2.17. The number of nitriles is 1. The fourth-order valence-electron chi connectivity index (χ4n) is 4.10. The van der Waals surface area contributed by atoms with E-state index >= 15 is 0 Å². The number of benzene rings is 4. The van der Waals surface area contributed by atoms with Gasteiger partial charge in [0.25, 0.3) is 5.91 Å². The summed E-state index contributed by atoms with van der Waals surface area (Å²) in [7, 11) is 0. The van der Waals surface area contributed by atoms with E-state index < -0.39 is 5.91 Å². The number of rotatable bonds is 8. The predicted octanol–water partition coefficient (Wildman–Crippen LogP) is 8.24.